The Labute approximate surface area is 162 Å². The van der Waals surface area contributed by atoms with Gasteiger partial charge in [-0.2, -0.15) is 0 Å². The van der Waals surface area contributed by atoms with Crippen LogP contribution in [0.5, 0.6) is 0 Å². The van der Waals surface area contributed by atoms with E-state index in [4.69, 9.17) is 5.73 Å². The first-order valence-electron chi connectivity index (χ1n) is 9.41. The molecule has 0 saturated carbocycles. The van der Waals surface area contributed by atoms with Crippen LogP contribution in [0.1, 0.15) is 24.8 Å². The highest BCUT2D eigenvalue weighted by atomic mass is 35.5. The van der Waals surface area contributed by atoms with Gasteiger partial charge in [0, 0.05) is 6.54 Å². The van der Waals surface area contributed by atoms with Crippen LogP contribution in [0.3, 0.4) is 0 Å². The number of unbranched alkanes of at least 4 members (excludes halogenated alkanes) is 1. The second kappa shape index (κ2) is 11.1. The fourth-order valence-corrected chi connectivity index (χ4v) is 3.36. The van der Waals surface area contributed by atoms with E-state index in [1.165, 1.54) is 39.9 Å². The summed E-state index contributed by atoms with van der Waals surface area (Å²) in [6.07, 6.45) is 3.46. The maximum atomic E-state index is 5.49. The van der Waals surface area contributed by atoms with Crippen LogP contribution in [0.2, 0.25) is 0 Å². The minimum Gasteiger partial charge on any atom is -0.330 e. The lowest BCUT2D eigenvalue weighted by atomic mass is 9.97. The lowest BCUT2D eigenvalue weighted by Crippen LogP contribution is -2.21. The number of benzene rings is 3. The van der Waals surface area contributed by atoms with Crippen molar-refractivity contribution in [3.05, 3.63) is 60.2 Å². The van der Waals surface area contributed by atoms with Crippen molar-refractivity contribution in [2.45, 2.75) is 25.8 Å². The Hall–Kier alpha value is -1.65. The van der Waals surface area contributed by atoms with Gasteiger partial charge in [0.05, 0.1) is 0 Å². The molecule has 140 valence electrons. The zero-order chi connectivity index (χ0) is 17.3. The molecule has 0 fully saturated rings. The standard InChI is InChI=1S/C22H29N3.ClH/c23-12-7-15-24-13-5-6-14-25-17-22-20-10-3-1-8-18(20)16-19-9-2-4-11-21(19)22;/h1-4,8-11,16,24-25H,5-7,12-15,17,23H2;1H. The minimum atomic E-state index is 0. The third-order valence-corrected chi connectivity index (χ3v) is 4.70. The summed E-state index contributed by atoms with van der Waals surface area (Å²) in [4.78, 5) is 0. The Bertz CT molecular complexity index is 750. The van der Waals surface area contributed by atoms with Crippen LogP contribution in [0.15, 0.2) is 54.6 Å². The smallest absolute Gasteiger partial charge is 0.0217 e. The van der Waals surface area contributed by atoms with Crippen molar-refractivity contribution in [3.63, 3.8) is 0 Å². The molecule has 0 aliphatic rings. The van der Waals surface area contributed by atoms with Gasteiger partial charge in [-0.1, -0.05) is 48.5 Å². The summed E-state index contributed by atoms with van der Waals surface area (Å²) in [5.74, 6) is 0. The van der Waals surface area contributed by atoms with Crippen molar-refractivity contribution < 1.29 is 0 Å². The molecule has 3 rings (SSSR count). The molecule has 0 radical (unpaired) electrons. The SMILES string of the molecule is Cl.NCCCNCCCCNCc1c2ccccc2cc2ccccc12. The molecule has 3 aromatic rings. The third kappa shape index (κ3) is 5.42. The Morgan fingerprint density at radius 3 is 1.85 bits per heavy atom. The fourth-order valence-electron chi connectivity index (χ4n) is 3.36. The van der Waals surface area contributed by atoms with Crippen LogP contribution >= 0.6 is 12.4 Å². The van der Waals surface area contributed by atoms with Crippen molar-refractivity contribution in [1.82, 2.24) is 10.6 Å². The monoisotopic (exact) mass is 371 g/mol. The van der Waals surface area contributed by atoms with Gasteiger partial charge in [0.2, 0.25) is 0 Å². The van der Waals surface area contributed by atoms with E-state index in [1.807, 2.05) is 0 Å². The lowest BCUT2D eigenvalue weighted by molar-refractivity contribution is 0.577. The first-order valence-corrected chi connectivity index (χ1v) is 9.41. The maximum absolute atomic E-state index is 5.49. The van der Waals surface area contributed by atoms with Gasteiger partial charge < -0.3 is 16.4 Å². The van der Waals surface area contributed by atoms with Crippen LogP contribution in [-0.2, 0) is 6.54 Å². The second-order valence-electron chi connectivity index (χ2n) is 6.57. The number of hydrogen-bond acceptors (Lipinski definition) is 3. The van der Waals surface area contributed by atoms with E-state index in [1.54, 1.807) is 0 Å². The van der Waals surface area contributed by atoms with Crippen molar-refractivity contribution in [2.24, 2.45) is 5.73 Å². The van der Waals surface area contributed by atoms with E-state index in [0.29, 0.717) is 0 Å². The number of nitrogens with one attached hydrogen (secondary N) is 2. The molecular weight excluding hydrogens is 342 g/mol. The zero-order valence-corrected chi connectivity index (χ0v) is 16.2. The quantitative estimate of drug-likeness (QED) is 0.369. The molecule has 0 atom stereocenters. The number of hydrogen-bond donors (Lipinski definition) is 3. The summed E-state index contributed by atoms with van der Waals surface area (Å²) in [6, 6.07) is 19.7. The molecule has 0 amide bonds. The summed E-state index contributed by atoms with van der Waals surface area (Å²) in [5, 5.41) is 12.4. The Morgan fingerprint density at radius 2 is 1.23 bits per heavy atom. The van der Waals surface area contributed by atoms with Gasteiger partial charge in [-0.3, -0.25) is 0 Å². The number of rotatable bonds is 10. The van der Waals surface area contributed by atoms with Gasteiger partial charge in [-0.05, 0) is 78.6 Å². The topological polar surface area (TPSA) is 50.1 Å². The Balaban J connectivity index is 0.00000243. The summed E-state index contributed by atoms with van der Waals surface area (Å²) in [6.45, 7) is 4.86. The molecule has 3 aromatic carbocycles. The lowest BCUT2D eigenvalue weighted by Gasteiger charge is -2.12. The van der Waals surface area contributed by atoms with Crippen LogP contribution in [0.25, 0.3) is 21.5 Å². The molecule has 0 saturated heterocycles. The molecule has 4 heteroatoms. The highest BCUT2D eigenvalue weighted by molar-refractivity contribution is 6.02. The Kier molecular flexibility index (Phi) is 8.86. The minimum absolute atomic E-state index is 0. The average molecular weight is 372 g/mol. The highest BCUT2D eigenvalue weighted by Crippen LogP contribution is 2.28. The predicted molar refractivity (Wildman–Crippen MR) is 116 cm³/mol. The first kappa shape index (κ1) is 20.7. The van der Waals surface area contributed by atoms with E-state index in [2.05, 4.69) is 65.2 Å². The van der Waals surface area contributed by atoms with E-state index in [0.717, 1.165) is 39.1 Å². The van der Waals surface area contributed by atoms with Crippen LogP contribution in [-0.4, -0.2) is 26.2 Å². The Morgan fingerprint density at radius 1 is 0.692 bits per heavy atom. The summed E-state index contributed by atoms with van der Waals surface area (Å²) < 4.78 is 0. The van der Waals surface area contributed by atoms with E-state index < -0.39 is 0 Å². The number of halogens is 1. The molecular formula is C22H30ClN3. The fraction of sp³-hybridized carbons (Fsp3) is 0.364. The molecule has 0 unspecified atom stereocenters. The maximum Gasteiger partial charge on any atom is 0.0217 e. The zero-order valence-electron chi connectivity index (χ0n) is 15.3. The summed E-state index contributed by atoms with van der Waals surface area (Å²) in [5.41, 5.74) is 6.91. The number of nitrogens with two attached hydrogens (primary N) is 1. The van der Waals surface area contributed by atoms with Crippen molar-refractivity contribution >= 4 is 34.0 Å². The first-order chi connectivity index (χ1) is 12.4. The van der Waals surface area contributed by atoms with Crippen LogP contribution in [0, 0.1) is 0 Å². The molecule has 0 aliphatic heterocycles. The van der Waals surface area contributed by atoms with Gasteiger partial charge >= 0.3 is 0 Å². The van der Waals surface area contributed by atoms with Crippen LogP contribution < -0.4 is 16.4 Å². The molecule has 0 aromatic heterocycles. The molecule has 0 heterocycles. The molecule has 0 bridgehead atoms. The van der Waals surface area contributed by atoms with Gasteiger partial charge in [-0.25, -0.2) is 0 Å². The van der Waals surface area contributed by atoms with E-state index in [-0.39, 0.29) is 12.4 Å². The van der Waals surface area contributed by atoms with Gasteiger partial charge in [0.25, 0.3) is 0 Å². The molecule has 3 nitrogen and oxygen atoms in total. The molecule has 4 N–H and O–H groups in total. The normalized spacial score (nSPS) is 11.0. The van der Waals surface area contributed by atoms with Gasteiger partial charge in [0.1, 0.15) is 0 Å². The van der Waals surface area contributed by atoms with Crippen molar-refractivity contribution in [1.29, 1.82) is 0 Å². The van der Waals surface area contributed by atoms with E-state index in [9.17, 15) is 0 Å². The third-order valence-electron chi connectivity index (χ3n) is 4.70. The van der Waals surface area contributed by atoms with Crippen molar-refractivity contribution in [3.8, 4) is 0 Å². The molecule has 26 heavy (non-hydrogen) atoms. The van der Waals surface area contributed by atoms with Gasteiger partial charge in [0.15, 0.2) is 0 Å². The number of fused-ring (bicyclic) bond motifs is 2. The summed E-state index contributed by atoms with van der Waals surface area (Å²) >= 11 is 0. The van der Waals surface area contributed by atoms with Crippen LogP contribution in [0.4, 0.5) is 0 Å². The molecule has 0 spiro atoms. The molecule has 0 aliphatic carbocycles. The highest BCUT2D eigenvalue weighted by Gasteiger charge is 2.06. The summed E-state index contributed by atoms with van der Waals surface area (Å²) in [7, 11) is 0. The average Bonchev–Trinajstić information content (AvgIpc) is 2.66. The van der Waals surface area contributed by atoms with Crippen molar-refractivity contribution in [2.75, 3.05) is 26.2 Å². The van der Waals surface area contributed by atoms with Gasteiger partial charge in [-0.15, -0.1) is 12.4 Å². The van der Waals surface area contributed by atoms with E-state index >= 15 is 0 Å². The predicted octanol–water partition coefficient (Wildman–Crippen LogP) is 4.22. The second-order valence-corrected chi connectivity index (χ2v) is 6.57. The largest absolute Gasteiger partial charge is 0.330 e.